The summed E-state index contributed by atoms with van der Waals surface area (Å²) in [5.41, 5.74) is 0. The van der Waals surface area contributed by atoms with Crippen molar-refractivity contribution in [3.63, 3.8) is 0 Å². The zero-order chi connectivity index (χ0) is 6.20. The molecule has 1 aliphatic heterocycles. The maximum atomic E-state index is 11.2. The Labute approximate surface area is 45.0 Å². The molecule has 0 N–H and O–H groups in total. The van der Waals surface area contributed by atoms with E-state index in [1.807, 2.05) is 0 Å². The number of hydrogen-bond acceptors (Lipinski definition) is 2. The van der Waals surface area contributed by atoms with Crippen molar-refractivity contribution in [3.8, 4) is 0 Å². The van der Waals surface area contributed by atoms with E-state index in [-0.39, 0.29) is 0 Å². The number of rotatable bonds is 1. The molecule has 8 heavy (non-hydrogen) atoms. The molecule has 6 heteroatoms. The second kappa shape index (κ2) is 1.71. The van der Waals surface area contributed by atoms with Gasteiger partial charge in [0.05, 0.1) is 6.04 Å². The Hall–Kier alpha value is -0.0731. The van der Waals surface area contributed by atoms with Gasteiger partial charge in [0, 0.05) is 0 Å². The van der Waals surface area contributed by atoms with Crippen molar-refractivity contribution < 1.29 is 22.3 Å². The van der Waals surface area contributed by atoms with Gasteiger partial charge in [-0.2, -0.15) is 13.2 Å². The zero-order valence-corrected chi connectivity index (χ0v) is 4.89. The van der Waals surface area contributed by atoms with E-state index in [0.717, 1.165) is 0 Å². The van der Waals surface area contributed by atoms with Gasteiger partial charge in [-0.3, -0.25) is 9.15 Å². The molecule has 0 bridgehead atoms. The Morgan fingerprint density at radius 1 is 1.25 bits per heavy atom. The molecule has 2 nitrogen and oxygen atoms in total. The van der Waals surface area contributed by atoms with Gasteiger partial charge in [-0.15, -0.1) is 0 Å². The molecule has 0 amide bonds. The van der Waals surface area contributed by atoms with Gasteiger partial charge >= 0.3 is 15.5 Å². The molecule has 0 aromatic rings. The van der Waals surface area contributed by atoms with Crippen LogP contribution in [0.2, 0.25) is 6.04 Å². The van der Waals surface area contributed by atoms with Gasteiger partial charge in [-0.05, 0) is 0 Å². The highest BCUT2D eigenvalue weighted by Gasteiger charge is 2.43. The maximum Gasteiger partial charge on any atom is 0.401 e. The van der Waals surface area contributed by atoms with Gasteiger partial charge in [0.1, 0.15) is 0 Å². The van der Waals surface area contributed by atoms with Crippen LogP contribution in [0.1, 0.15) is 0 Å². The van der Waals surface area contributed by atoms with Gasteiger partial charge in [-0.1, -0.05) is 0 Å². The predicted octanol–water partition coefficient (Wildman–Crippen LogP) is 0.731. The average molecular weight is 144 g/mol. The molecule has 0 atom stereocenters. The standard InChI is InChI=1S/C2H3F3O2Si/c3-2(4,5)1-8-6-7-8/h8H,1H2. The summed E-state index contributed by atoms with van der Waals surface area (Å²) in [6, 6.07) is -0.868. The minimum atomic E-state index is -4.10. The van der Waals surface area contributed by atoms with Crippen LogP contribution in [0.4, 0.5) is 13.2 Å². The molecule has 1 saturated heterocycles. The highest BCUT2D eigenvalue weighted by Crippen LogP contribution is 2.27. The number of alkyl halides is 3. The Kier molecular flexibility index (Phi) is 1.29. The van der Waals surface area contributed by atoms with Crippen molar-refractivity contribution in [1.82, 2.24) is 0 Å². The summed E-state index contributed by atoms with van der Waals surface area (Å²) in [6.07, 6.45) is -4.10. The van der Waals surface area contributed by atoms with E-state index in [1.54, 1.807) is 0 Å². The highest BCUT2D eigenvalue weighted by molar-refractivity contribution is 6.49. The molecule has 1 rings (SSSR count). The number of halogens is 3. The first-order valence-corrected chi connectivity index (χ1v) is 3.73. The molecule has 48 valence electrons. The van der Waals surface area contributed by atoms with Crippen LogP contribution < -0.4 is 0 Å². The third-order valence-electron chi connectivity index (χ3n) is 0.630. The molecule has 1 fully saturated rings. The van der Waals surface area contributed by atoms with Crippen molar-refractivity contribution in [2.24, 2.45) is 0 Å². The molecule has 0 aromatic carbocycles. The lowest BCUT2D eigenvalue weighted by molar-refractivity contribution is -0.110. The summed E-state index contributed by atoms with van der Waals surface area (Å²) < 4.78 is 41.7. The lowest BCUT2D eigenvalue weighted by Crippen LogP contribution is -2.11. The Bertz CT molecular complexity index is 87.8. The summed E-state index contributed by atoms with van der Waals surface area (Å²) in [5, 5.41) is 0. The molecular weight excluding hydrogens is 141 g/mol. The molecule has 0 radical (unpaired) electrons. The van der Waals surface area contributed by atoms with Crippen LogP contribution in [0, 0.1) is 0 Å². The highest BCUT2D eigenvalue weighted by atomic mass is 28.3. The largest absolute Gasteiger partial charge is 0.401 e. The maximum absolute atomic E-state index is 11.2. The molecule has 0 saturated carbocycles. The third-order valence-corrected chi connectivity index (χ3v) is 1.89. The van der Waals surface area contributed by atoms with Crippen molar-refractivity contribution in [2.75, 3.05) is 0 Å². The summed E-state index contributed by atoms with van der Waals surface area (Å²) >= 11 is 0. The molecule has 0 aliphatic carbocycles. The Morgan fingerprint density at radius 3 is 1.88 bits per heavy atom. The minimum Gasteiger partial charge on any atom is -0.261 e. The zero-order valence-electron chi connectivity index (χ0n) is 3.73. The fourth-order valence-corrected chi connectivity index (χ4v) is 1.12. The number of hydrogen-bond donors (Lipinski definition) is 0. The first-order valence-electron chi connectivity index (χ1n) is 1.97. The lowest BCUT2D eigenvalue weighted by atomic mass is 10.8. The monoisotopic (exact) mass is 144 g/mol. The van der Waals surface area contributed by atoms with Crippen molar-refractivity contribution in [2.45, 2.75) is 12.2 Å². The van der Waals surface area contributed by atoms with Crippen LogP contribution in [-0.4, -0.2) is 15.5 Å². The van der Waals surface area contributed by atoms with Gasteiger partial charge < -0.3 is 0 Å². The van der Waals surface area contributed by atoms with E-state index in [9.17, 15) is 13.2 Å². The molecule has 0 aromatic heterocycles. The van der Waals surface area contributed by atoms with E-state index in [2.05, 4.69) is 9.15 Å². The van der Waals surface area contributed by atoms with Crippen molar-refractivity contribution in [3.05, 3.63) is 0 Å². The first kappa shape index (κ1) is 6.05. The van der Waals surface area contributed by atoms with Crippen molar-refractivity contribution >= 4 is 9.28 Å². The molecule has 0 unspecified atom stereocenters. The van der Waals surface area contributed by atoms with Gasteiger partial charge in [0.2, 0.25) is 0 Å². The third kappa shape index (κ3) is 2.29. The van der Waals surface area contributed by atoms with Crippen LogP contribution >= 0.6 is 0 Å². The van der Waals surface area contributed by atoms with E-state index in [4.69, 9.17) is 0 Å². The van der Waals surface area contributed by atoms with Crippen LogP contribution in [-0.2, 0) is 9.15 Å². The fraction of sp³-hybridized carbons (Fsp3) is 1.00. The van der Waals surface area contributed by atoms with Crippen LogP contribution in [0.3, 0.4) is 0 Å². The van der Waals surface area contributed by atoms with E-state index in [0.29, 0.717) is 0 Å². The molecule has 1 aliphatic rings. The van der Waals surface area contributed by atoms with Gasteiger partial charge in [0.15, 0.2) is 0 Å². The summed E-state index contributed by atoms with van der Waals surface area (Å²) in [6.45, 7) is 0. The van der Waals surface area contributed by atoms with Crippen LogP contribution in [0.5, 0.6) is 0 Å². The quantitative estimate of drug-likeness (QED) is 0.308. The van der Waals surface area contributed by atoms with Gasteiger partial charge in [0.25, 0.3) is 0 Å². The van der Waals surface area contributed by atoms with E-state index in [1.165, 1.54) is 0 Å². The summed E-state index contributed by atoms with van der Waals surface area (Å²) in [5.74, 6) is 0. The summed E-state index contributed by atoms with van der Waals surface area (Å²) in [7, 11) is -2.17. The second-order valence-corrected chi connectivity index (χ2v) is 3.09. The Morgan fingerprint density at radius 2 is 1.75 bits per heavy atom. The van der Waals surface area contributed by atoms with E-state index < -0.39 is 21.5 Å². The fourth-order valence-electron chi connectivity index (χ4n) is 0.296. The minimum absolute atomic E-state index is 0.868. The molecular formula is C2H3F3O2Si. The lowest BCUT2D eigenvalue weighted by Gasteiger charge is -1.97. The van der Waals surface area contributed by atoms with Crippen molar-refractivity contribution in [1.29, 1.82) is 0 Å². The normalized spacial score (nSPS) is 21.4. The first-order chi connectivity index (χ1) is 3.58. The second-order valence-electron chi connectivity index (χ2n) is 1.44. The van der Waals surface area contributed by atoms with Crippen LogP contribution in [0.15, 0.2) is 0 Å². The molecule has 1 heterocycles. The van der Waals surface area contributed by atoms with Gasteiger partial charge in [-0.25, -0.2) is 0 Å². The average Bonchev–Trinajstić information content (AvgIpc) is 2.12. The van der Waals surface area contributed by atoms with E-state index >= 15 is 0 Å². The van der Waals surface area contributed by atoms with Crippen LogP contribution in [0.25, 0.3) is 0 Å². The summed E-state index contributed by atoms with van der Waals surface area (Å²) in [4.78, 5) is 0. The topological polar surface area (TPSA) is 25.1 Å². The predicted molar refractivity (Wildman–Crippen MR) is 20.2 cm³/mol. The molecule has 0 spiro atoms. The SMILES string of the molecule is FC(F)(F)C[SiH]1OO1. The smallest absolute Gasteiger partial charge is 0.261 e. The Balaban J connectivity index is 2.16.